The lowest BCUT2D eigenvalue weighted by molar-refractivity contribution is -0.787. The number of urea groups is 1. The number of alkyl halides is 3. The number of nitrogens with one attached hydrogen (secondary N) is 2. The molecule has 4 rings (SSSR count). The number of halogens is 5. The van der Waals surface area contributed by atoms with Gasteiger partial charge in [-0.25, -0.2) is 4.39 Å². The molecule has 0 aliphatic heterocycles. The van der Waals surface area contributed by atoms with Crippen LogP contribution in [-0.2, 0) is 17.4 Å². The van der Waals surface area contributed by atoms with Crippen molar-refractivity contribution in [2.45, 2.75) is 44.3 Å². The molecule has 0 bridgehead atoms. The molecule has 3 aromatic rings. The topological polar surface area (TPSA) is 105 Å². The lowest BCUT2D eigenvalue weighted by Crippen LogP contribution is -2.43. The number of hydrogen-bond donors (Lipinski definition) is 2. The van der Waals surface area contributed by atoms with Crippen molar-refractivity contribution in [1.82, 2.24) is 10.2 Å². The van der Waals surface area contributed by atoms with Crippen LogP contribution in [0.25, 0.3) is 5.32 Å². The molecule has 1 fully saturated rings. The standard InChI is InChI=1S/C27H29ClF4N6O3/c1-37(2)14-16-6-8-20(9-7-16)38-15-25(41-36-38)35-26(40)34-19-11-17(27(30,31)32)10-18(12-19)33-24(39)13-21-22(28)4-3-5-23(21)29/h3-5,10-12,15-16,20H,6-9,13-14H2,1-2H3,(H2-,33,34,35,36,39,40). The number of carbonyl (C=O) groups is 2. The number of rotatable bonds is 8. The van der Waals surface area contributed by atoms with Crippen LogP contribution in [0, 0.1) is 11.7 Å². The Balaban J connectivity index is 1.40. The molecular formula is C27H29ClF4N6O3. The number of nitrogens with zero attached hydrogens (tertiary/aromatic N) is 4. The summed E-state index contributed by atoms with van der Waals surface area (Å²) in [6.45, 7) is 1.01. The Morgan fingerprint density at radius 2 is 1.80 bits per heavy atom. The zero-order chi connectivity index (χ0) is 29.7. The van der Waals surface area contributed by atoms with Crippen molar-refractivity contribution in [2.75, 3.05) is 31.3 Å². The Morgan fingerprint density at radius 3 is 2.44 bits per heavy atom. The van der Waals surface area contributed by atoms with E-state index in [-0.39, 0.29) is 33.9 Å². The molecule has 1 aliphatic carbocycles. The van der Waals surface area contributed by atoms with Crippen molar-refractivity contribution in [1.29, 1.82) is 0 Å². The molecule has 41 heavy (non-hydrogen) atoms. The maximum Gasteiger partial charge on any atom is 0.416 e. The van der Waals surface area contributed by atoms with Crippen LogP contribution in [0.3, 0.4) is 0 Å². The van der Waals surface area contributed by atoms with Gasteiger partial charge in [-0.15, -0.1) is 0 Å². The van der Waals surface area contributed by atoms with Gasteiger partial charge < -0.3 is 25.4 Å². The van der Waals surface area contributed by atoms with Crippen LogP contribution in [0.2, 0.25) is 5.02 Å². The van der Waals surface area contributed by atoms with Gasteiger partial charge in [0.1, 0.15) is 5.82 Å². The van der Waals surface area contributed by atoms with Crippen LogP contribution in [-0.4, -0.2) is 42.7 Å². The minimum absolute atomic E-state index is 0.00417. The van der Waals surface area contributed by atoms with E-state index >= 15 is 0 Å². The largest absolute Gasteiger partial charge is 0.424 e. The first kappa shape index (κ1) is 30.3. The molecule has 3 amide bonds. The Kier molecular flexibility index (Phi) is 9.49. The van der Waals surface area contributed by atoms with Crippen LogP contribution in [0.4, 0.5) is 39.6 Å². The van der Waals surface area contributed by atoms with E-state index in [2.05, 4.69) is 26.1 Å². The summed E-state index contributed by atoms with van der Waals surface area (Å²) in [6, 6.07) is 5.47. The van der Waals surface area contributed by atoms with Crippen molar-refractivity contribution in [3.05, 3.63) is 69.9 Å². The van der Waals surface area contributed by atoms with Crippen LogP contribution in [0.5, 0.6) is 0 Å². The summed E-state index contributed by atoms with van der Waals surface area (Å²) in [7, 11) is 4.08. The maximum absolute atomic E-state index is 14.0. The Bertz CT molecular complexity index is 1370. The Morgan fingerprint density at radius 1 is 1.12 bits per heavy atom. The fraction of sp³-hybridized carbons (Fsp3) is 0.407. The van der Waals surface area contributed by atoms with Gasteiger partial charge >= 0.3 is 6.18 Å². The molecule has 220 valence electrons. The van der Waals surface area contributed by atoms with E-state index in [1.165, 1.54) is 18.3 Å². The van der Waals surface area contributed by atoms with Crippen molar-refractivity contribution in [3.8, 4) is 0 Å². The maximum atomic E-state index is 14.0. The fourth-order valence-electron chi connectivity index (χ4n) is 4.83. The summed E-state index contributed by atoms with van der Waals surface area (Å²) in [5.74, 6) is -1.04. The highest BCUT2D eigenvalue weighted by molar-refractivity contribution is 6.31. The van der Waals surface area contributed by atoms with E-state index in [1.54, 1.807) is 4.68 Å². The predicted molar refractivity (Wildman–Crippen MR) is 143 cm³/mol. The quantitative estimate of drug-likeness (QED) is 0.229. The van der Waals surface area contributed by atoms with Crippen LogP contribution in [0.1, 0.15) is 42.9 Å². The minimum Gasteiger partial charge on any atom is -0.424 e. The van der Waals surface area contributed by atoms with E-state index in [0.29, 0.717) is 18.1 Å². The Hall–Kier alpha value is -3.71. The molecule has 14 heteroatoms. The molecule has 2 aromatic carbocycles. The monoisotopic (exact) mass is 596 g/mol. The van der Waals surface area contributed by atoms with Gasteiger partial charge in [0.15, 0.2) is 17.3 Å². The molecule has 2 N–H and O–H groups in total. The average Bonchev–Trinajstić information content (AvgIpc) is 3.34. The Labute approximate surface area is 238 Å². The lowest BCUT2D eigenvalue weighted by atomic mass is 9.86. The molecule has 1 saturated carbocycles. The van der Waals surface area contributed by atoms with Gasteiger partial charge in [0.05, 0.1) is 12.0 Å². The zero-order valence-corrected chi connectivity index (χ0v) is 23.1. The van der Waals surface area contributed by atoms with Gasteiger partial charge in [-0.05, 0) is 68.9 Å². The van der Waals surface area contributed by atoms with Crippen molar-refractivity contribution in [3.63, 3.8) is 0 Å². The van der Waals surface area contributed by atoms with Gasteiger partial charge in [-0.2, -0.15) is 13.2 Å². The molecule has 0 atom stereocenters. The molecule has 1 heterocycles. The number of hydrogen-bond acceptors (Lipinski definition) is 5. The molecule has 0 saturated heterocycles. The minimum atomic E-state index is -4.78. The number of benzene rings is 2. The molecule has 0 spiro atoms. The summed E-state index contributed by atoms with van der Waals surface area (Å²) < 4.78 is 61.4. The first-order valence-corrected chi connectivity index (χ1v) is 13.3. The smallest absolute Gasteiger partial charge is 0.416 e. The van der Waals surface area contributed by atoms with Gasteiger partial charge in [-0.1, -0.05) is 22.3 Å². The lowest BCUT2D eigenvalue weighted by Gasteiger charge is -2.26. The number of carbonyl (C=O) groups excluding carboxylic acids is 2. The molecule has 1 aromatic heterocycles. The number of amides is 3. The highest BCUT2D eigenvalue weighted by atomic mass is 35.5. The van der Waals surface area contributed by atoms with E-state index in [4.69, 9.17) is 16.1 Å². The number of anilines is 2. The van der Waals surface area contributed by atoms with E-state index in [1.807, 2.05) is 14.1 Å². The third kappa shape index (κ3) is 8.40. The average molecular weight is 597 g/mol. The molecule has 0 unspecified atom stereocenters. The molecular weight excluding hydrogens is 568 g/mol. The molecule has 9 nitrogen and oxygen atoms in total. The van der Waals surface area contributed by atoms with Gasteiger partial charge in [0.2, 0.25) is 18.0 Å². The summed E-state index contributed by atoms with van der Waals surface area (Å²) >= 11 is 5.94. The normalized spacial score (nSPS) is 17.4. The summed E-state index contributed by atoms with van der Waals surface area (Å²) in [6.07, 6.45) is 0.0131. The van der Waals surface area contributed by atoms with Crippen LogP contribution >= 0.6 is 11.6 Å². The highest BCUT2D eigenvalue weighted by Crippen LogP contribution is 2.34. The third-order valence-electron chi connectivity index (χ3n) is 6.69. The van der Waals surface area contributed by atoms with Crippen LogP contribution in [0.15, 0.2) is 47.1 Å². The molecule has 1 aliphatic rings. The van der Waals surface area contributed by atoms with Crippen molar-refractivity contribution >= 4 is 40.8 Å². The first-order valence-electron chi connectivity index (χ1n) is 12.9. The van der Waals surface area contributed by atoms with Gasteiger partial charge in [0.25, 0.3) is 0 Å². The van der Waals surface area contributed by atoms with Gasteiger partial charge in [-0.3, -0.25) is 9.59 Å². The van der Waals surface area contributed by atoms with Crippen molar-refractivity contribution in [2.24, 2.45) is 5.92 Å². The van der Waals surface area contributed by atoms with E-state index < -0.39 is 35.9 Å². The van der Waals surface area contributed by atoms with Crippen LogP contribution < -0.4 is 15.3 Å². The fourth-order valence-corrected chi connectivity index (χ4v) is 5.06. The molecule has 0 radical (unpaired) electrons. The second-order valence-electron chi connectivity index (χ2n) is 10.2. The predicted octanol–water partition coefficient (Wildman–Crippen LogP) is 6.48. The van der Waals surface area contributed by atoms with Gasteiger partial charge in [0, 0.05) is 35.7 Å². The SMILES string of the molecule is CN(C)CC1CCC([n+]2cc([N-]C(=O)Nc3cc(NC(=O)Cc4c(F)cccc4Cl)cc(C(F)(F)F)c3)on2)CC1. The third-order valence-corrected chi connectivity index (χ3v) is 7.05. The zero-order valence-electron chi connectivity index (χ0n) is 22.3. The second kappa shape index (κ2) is 12.9. The second-order valence-corrected chi connectivity index (χ2v) is 10.6. The first-order chi connectivity index (χ1) is 19.4. The summed E-state index contributed by atoms with van der Waals surface area (Å²) in [5, 5.41) is 12.3. The summed E-state index contributed by atoms with van der Waals surface area (Å²) in [5.41, 5.74) is -1.77. The van der Waals surface area contributed by atoms with E-state index in [9.17, 15) is 27.2 Å². The van der Waals surface area contributed by atoms with E-state index in [0.717, 1.165) is 44.4 Å². The highest BCUT2D eigenvalue weighted by Gasteiger charge is 2.32. The summed E-state index contributed by atoms with van der Waals surface area (Å²) in [4.78, 5) is 27.2. The van der Waals surface area contributed by atoms with Crippen molar-refractivity contribution < 1.29 is 36.4 Å². The number of aromatic nitrogens is 2.